The summed E-state index contributed by atoms with van der Waals surface area (Å²) in [6.07, 6.45) is 0. The van der Waals surface area contributed by atoms with Gasteiger partial charge in [-0.15, -0.1) is 0 Å². The predicted molar refractivity (Wildman–Crippen MR) is 60.7 cm³/mol. The van der Waals surface area contributed by atoms with Gasteiger partial charge in [0.1, 0.15) is 5.75 Å². The van der Waals surface area contributed by atoms with Crippen LogP contribution in [0.5, 0.6) is 5.75 Å². The van der Waals surface area contributed by atoms with Crippen molar-refractivity contribution in [2.45, 2.75) is 27.7 Å². The highest BCUT2D eigenvalue weighted by Gasteiger charge is 2.05. The fraction of sp³-hybridized carbons (Fsp3) is 0.500. The van der Waals surface area contributed by atoms with Gasteiger partial charge in [-0.3, -0.25) is 0 Å². The van der Waals surface area contributed by atoms with Crippen molar-refractivity contribution in [2.24, 2.45) is 5.92 Å². The lowest BCUT2D eigenvalue weighted by Gasteiger charge is -2.14. The average Bonchev–Trinajstić information content (AvgIpc) is 2.01. The summed E-state index contributed by atoms with van der Waals surface area (Å²) in [5.74, 6) is 1.53. The number of rotatable bonds is 3. The molecular weight excluding hydrogens is 174 g/mol. The lowest BCUT2D eigenvalue weighted by Crippen LogP contribution is -2.06. The highest BCUT2D eigenvalue weighted by Crippen LogP contribution is 2.26. The summed E-state index contributed by atoms with van der Waals surface area (Å²) in [5.41, 5.74) is 8.76. The fourth-order valence-electron chi connectivity index (χ4n) is 1.46. The molecule has 0 radical (unpaired) electrons. The van der Waals surface area contributed by atoms with Crippen molar-refractivity contribution < 1.29 is 4.74 Å². The van der Waals surface area contributed by atoms with Crippen LogP contribution in [0.25, 0.3) is 0 Å². The number of aryl methyl sites for hydroxylation is 2. The topological polar surface area (TPSA) is 35.2 Å². The second kappa shape index (κ2) is 4.36. The highest BCUT2D eigenvalue weighted by atomic mass is 16.5. The number of ether oxygens (including phenoxy) is 1. The maximum Gasteiger partial charge on any atom is 0.125 e. The quantitative estimate of drug-likeness (QED) is 0.749. The zero-order valence-electron chi connectivity index (χ0n) is 9.42. The van der Waals surface area contributed by atoms with E-state index in [9.17, 15) is 0 Å². The first kappa shape index (κ1) is 10.9. The summed E-state index contributed by atoms with van der Waals surface area (Å²) in [6, 6.07) is 3.89. The van der Waals surface area contributed by atoms with Crippen LogP contribution in [-0.2, 0) is 0 Å². The van der Waals surface area contributed by atoms with E-state index in [2.05, 4.69) is 13.8 Å². The Labute approximate surface area is 86.1 Å². The molecule has 1 aromatic carbocycles. The van der Waals surface area contributed by atoms with E-state index in [1.54, 1.807) is 0 Å². The van der Waals surface area contributed by atoms with Crippen molar-refractivity contribution in [3.8, 4) is 5.75 Å². The zero-order chi connectivity index (χ0) is 10.7. The number of benzene rings is 1. The Morgan fingerprint density at radius 3 is 2.14 bits per heavy atom. The number of anilines is 1. The van der Waals surface area contributed by atoms with E-state index in [0.717, 1.165) is 29.2 Å². The van der Waals surface area contributed by atoms with E-state index < -0.39 is 0 Å². The van der Waals surface area contributed by atoms with Gasteiger partial charge in [-0.1, -0.05) is 13.8 Å². The van der Waals surface area contributed by atoms with Crippen molar-refractivity contribution in [1.82, 2.24) is 0 Å². The SMILES string of the molecule is Cc1cc(N)cc(C)c1OCC(C)C. The predicted octanol–water partition coefficient (Wildman–Crippen LogP) is 2.92. The second-order valence-electron chi connectivity index (χ2n) is 4.19. The average molecular weight is 193 g/mol. The Bertz CT molecular complexity index is 295. The van der Waals surface area contributed by atoms with Gasteiger partial charge >= 0.3 is 0 Å². The Balaban J connectivity index is 2.86. The monoisotopic (exact) mass is 193 g/mol. The van der Waals surface area contributed by atoms with Gasteiger partial charge < -0.3 is 10.5 Å². The highest BCUT2D eigenvalue weighted by molar-refractivity contribution is 5.52. The van der Waals surface area contributed by atoms with Gasteiger partial charge in [0, 0.05) is 5.69 Å². The van der Waals surface area contributed by atoms with Crippen LogP contribution >= 0.6 is 0 Å². The third-order valence-corrected chi connectivity index (χ3v) is 2.04. The van der Waals surface area contributed by atoms with Gasteiger partial charge in [-0.05, 0) is 43.0 Å². The van der Waals surface area contributed by atoms with Crippen LogP contribution in [0.4, 0.5) is 5.69 Å². The van der Waals surface area contributed by atoms with E-state index in [4.69, 9.17) is 10.5 Å². The van der Waals surface area contributed by atoms with E-state index in [1.165, 1.54) is 0 Å². The molecule has 2 heteroatoms. The van der Waals surface area contributed by atoms with Gasteiger partial charge in [-0.25, -0.2) is 0 Å². The molecule has 0 saturated carbocycles. The molecular formula is C12H19NO. The third-order valence-electron chi connectivity index (χ3n) is 2.04. The van der Waals surface area contributed by atoms with Crippen molar-refractivity contribution in [3.63, 3.8) is 0 Å². The molecule has 14 heavy (non-hydrogen) atoms. The first-order chi connectivity index (χ1) is 6.50. The van der Waals surface area contributed by atoms with Gasteiger partial charge in [0.25, 0.3) is 0 Å². The van der Waals surface area contributed by atoms with Gasteiger partial charge in [-0.2, -0.15) is 0 Å². The molecule has 1 rings (SSSR count). The van der Waals surface area contributed by atoms with Crippen molar-refractivity contribution in [2.75, 3.05) is 12.3 Å². The molecule has 0 bridgehead atoms. The largest absolute Gasteiger partial charge is 0.493 e. The van der Waals surface area contributed by atoms with E-state index in [-0.39, 0.29) is 0 Å². The maximum atomic E-state index is 5.73. The molecule has 2 N–H and O–H groups in total. The standard InChI is InChI=1S/C12H19NO/c1-8(2)7-14-12-9(3)5-11(13)6-10(12)4/h5-6,8H,7,13H2,1-4H3. The third kappa shape index (κ3) is 2.66. The normalized spacial score (nSPS) is 10.6. The van der Waals surface area contributed by atoms with Crippen molar-refractivity contribution >= 4 is 5.69 Å². The van der Waals surface area contributed by atoms with E-state index >= 15 is 0 Å². The summed E-state index contributed by atoms with van der Waals surface area (Å²) in [4.78, 5) is 0. The lowest BCUT2D eigenvalue weighted by molar-refractivity contribution is 0.268. The minimum absolute atomic E-state index is 0.548. The van der Waals surface area contributed by atoms with Gasteiger partial charge in [0.2, 0.25) is 0 Å². The molecule has 0 amide bonds. The van der Waals surface area contributed by atoms with Crippen LogP contribution in [0, 0.1) is 19.8 Å². The molecule has 0 heterocycles. The number of nitrogens with two attached hydrogens (primary N) is 1. The van der Waals surface area contributed by atoms with Crippen LogP contribution in [0.1, 0.15) is 25.0 Å². The van der Waals surface area contributed by atoms with Gasteiger partial charge in [0.15, 0.2) is 0 Å². The molecule has 0 aliphatic rings. The Morgan fingerprint density at radius 1 is 1.21 bits per heavy atom. The van der Waals surface area contributed by atoms with Crippen LogP contribution in [0.3, 0.4) is 0 Å². The number of nitrogen functional groups attached to an aromatic ring is 1. The van der Waals surface area contributed by atoms with Crippen molar-refractivity contribution in [1.29, 1.82) is 0 Å². The second-order valence-corrected chi connectivity index (χ2v) is 4.19. The minimum Gasteiger partial charge on any atom is -0.493 e. The molecule has 0 spiro atoms. The van der Waals surface area contributed by atoms with Crippen LogP contribution in [-0.4, -0.2) is 6.61 Å². The fourth-order valence-corrected chi connectivity index (χ4v) is 1.46. The molecule has 0 aromatic heterocycles. The minimum atomic E-state index is 0.548. The smallest absolute Gasteiger partial charge is 0.125 e. The molecule has 78 valence electrons. The summed E-state index contributed by atoms with van der Waals surface area (Å²) in [5, 5.41) is 0. The summed E-state index contributed by atoms with van der Waals surface area (Å²) in [7, 11) is 0. The van der Waals surface area contributed by atoms with E-state index in [0.29, 0.717) is 5.92 Å². The molecule has 0 atom stereocenters. The summed E-state index contributed by atoms with van der Waals surface area (Å²) < 4.78 is 5.73. The van der Waals surface area contributed by atoms with Crippen LogP contribution < -0.4 is 10.5 Å². The zero-order valence-corrected chi connectivity index (χ0v) is 9.42. The molecule has 0 aliphatic heterocycles. The Morgan fingerprint density at radius 2 is 1.71 bits per heavy atom. The van der Waals surface area contributed by atoms with E-state index in [1.807, 2.05) is 26.0 Å². The first-order valence-electron chi connectivity index (χ1n) is 5.00. The maximum absolute atomic E-state index is 5.73. The van der Waals surface area contributed by atoms with Crippen LogP contribution in [0.15, 0.2) is 12.1 Å². The van der Waals surface area contributed by atoms with Gasteiger partial charge in [0.05, 0.1) is 6.61 Å². The Hall–Kier alpha value is -1.18. The van der Waals surface area contributed by atoms with Crippen molar-refractivity contribution in [3.05, 3.63) is 23.3 Å². The lowest BCUT2D eigenvalue weighted by atomic mass is 10.1. The van der Waals surface area contributed by atoms with Crippen LogP contribution in [0.2, 0.25) is 0 Å². The first-order valence-corrected chi connectivity index (χ1v) is 5.00. The summed E-state index contributed by atoms with van der Waals surface area (Å²) >= 11 is 0. The summed E-state index contributed by atoms with van der Waals surface area (Å²) in [6.45, 7) is 9.09. The molecule has 2 nitrogen and oxygen atoms in total. The molecule has 0 saturated heterocycles. The molecule has 0 aliphatic carbocycles. The Kier molecular flexibility index (Phi) is 3.39. The molecule has 0 fully saturated rings. The molecule has 1 aromatic rings. The number of hydrogen-bond donors (Lipinski definition) is 1. The number of hydrogen-bond acceptors (Lipinski definition) is 2. The molecule has 0 unspecified atom stereocenters.